The highest BCUT2D eigenvalue weighted by molar-refractivity contribution is 6.99. The van der Waals surface area contributed by atoms with Crippen LogP contribution in [0.4, 0.5) is 0 Å². The molecule has 1 unspecified atom stereocenters. The Morgan fingerprint density at radius 1 is 1.30 bits per heavy atom. The van der Waals surface area contributed by atoms with E-state index in [0.29, 0.717) is 6.42 Å². The fraction of sp³-hybridized carbons (Fsp3) is 0.231. The van der Waals surface area contributed by atoms with Gasteiger partial charge in [0.2, 0.25) is 0 Å². The summed E-state index contributed by atoms with van der Waals surface area (Å²) in [5.74, 6) is -1.24. The van der Waals surface area contributed by atoms with E-state index in [9.17, 15) is 9.59 Å². The number of hydrogen-bond donors (Lipinski definition) is 2. The van der Waals surface area contributed by atoms with Crippen LogP contribution < -0.4 is 5.32 Å². The van der Waals surface area contributed by atoms with E-state index in [-0.39, 0.29) is 24.1 Å². The summed E-state index contributed by atoms with van der Waals surface area (Å²) in [5, 5.41) is 11.6. The summed E-state index contributed by atoms with van der Waals surface area (Å²) in [6.07, 6.45) is 1.69. The van der Waals surface area contributed by atoms with Crippen molar-refractivity contribution in [1.82, 2.24) is 14.1 Å². The number of rotatable bonds is 6. The molecule has 0 aliphatic carbocycles. The number of carboxylic acids is 1. The average molecular weight is 291 g/mol. The monoisotopic (exact) mass is 291 g/mol. The predicted octanol–water partition coefficient (Wildman–Crippen LogP) is 1.87. The maximum absolute atomic E-state index is 12.0. The van der Waals surface area contributed by atoms with Gasteiger partial charge in [-0.25, -0.2) is 0 Å². The molecule has 2 N–H and O–H groups in total. The molecular formula is C13H13N3O3S. The Kier molecular flexibility index (Phi) is 4.78. The van der Waals surface area contributed by atoms with Gasteiger partial charge >= 0.3 is 5.97 Å². The van der Waals surface area contributed by atoms with Gasteiger partial charge in [0.15, 0.2) is 5.69 Å². The van der Waals surface area contributed by atoms with Gasteiger partial charge in [-0.1, -0.05) is 30.3 Å². The lowest BCUT2D eigenvalue weighted by Crippen LogP contribution is -2.29. The lowest BCUT2D eigenvalue weighted by Gasteiger charge is -2.17. The molecule has 0 saturated heterocycles. The van der Waals surface area contributed by atoms with Crippen molar-refractivity contribution in [1.29, 1.82) is 0 Å². The Hall–Kier alpha value is -2.28. The number of carboxylic acid groups (broad SMARTS) is 1. The van der Waals surface area contributed by atoms with E-state index in [0.717, 1.165) is 17.3 Å². The van der Waals surface area contributed by atoms with Crippen molar-refractivity contribution >= 4 is 23.6 Å². The Morgan fingerprint density at radius 2 is 2.05 bits per heavy atom. The molecule has 1 amide bonds. The Morgan fingerprint density at radius 3 is 2.65 bits per heavy atom. The van der Waals surface area contributed by atoms with E-state index in [2.05, 4.69) is 14.1 Å². The van der Waals surface area contributed by atoms with E-state index < -0.39 is 5.97 Å². The maximum Gasteiger partial charge on any atom is 0.303 e. The van der Waals surface area contributed by atoms with Gasteiger partial charge in [-0.3, -0.25) is 9.59 Å². The zero-order valence-corrected chi connectivity index (χ0v) is 11.3. The zero-order valence-electron chi connectivity index (χ0n) is 10.5. The summed E-state index contributed by atoms with van der Waals surface area (Å²) in [6.45, 7) is 0. The second kappa shape index (κ2) is 6.76. The van der Waals surface area contributed by atoms with Crippen molar-refractivity contribution in [3.63, 3.8) is 0 Å². The summed E-state index contributed by atoms with van der Waals surface area (Å²) in [4.78, 5) is 22.7. The molecule has 7 heteroatoms. The SMILES string of the molecule is O=C(O)CCC(NC(=O)c1cnsn1)c1ccccc1. The molecule has 20 heavy (non-hydrogen) atoms. The van der Waals surface area contributed by atoms with E-state index in [4.69, 9.17) is 5.11 Å². The summed E-state index contributed by atoms with van der Waals surface area (Å²) in [5.41, 5.74) is 1.11. The minimum Gasteiger partial charge on any atom is -0.481 e. The van der Waals surface area contributed by atoms with Gasteiger partial charge in [-0.05, 0) is 12.0 Å². The van der Waals surface area contributed by atoms with E-state index in [1.807, 2.05) is 30.3 Å². The third-order valence-electron chi connectivity index (χ3n) is 2.75. The van der Waals surface area contributed by atoms with Crippen LogP contribution in [0.25, 0.3) is 0 Å². The molecule has 1 aromatic heterocycles. The highest BCUT2D eigenvalue weighted by Crippen LogP contribution is 2.18. The van der Waals surface area contributed by atoms with Gasteiger partial charge in [0.25, 0.3) is 5.91 Å². The third-order valence-corrected chi connectivity index (χ3v) is 3.23. The van der Waals surface area contributed by atoms with Gasteiger partial charge in [-0.2, -0.15) is 8.75 Å². The molecule has 2 aromatic rings. The van der Waals surface area contributed by atoms with Crippen molar-refractivity contribution in [2.45, 2.75) is 18.9 Å². The molecule has 0 saturated carbocycles. The number of benzene rings is 1. The number of carbonyl (C=O) groups is 2. The lowest BCUT2D eigenvalue weighted by atomic mass is 10.0. The minimum atomic E-state index is -0.893. The van der Waals surface area contributed by atoms with Crippen LogP contribution in [0.5, 0.6) is 0 Å². The third kappa shape index (κ3) is 3.86. The van der Waals surface area contributed by atoms with E-state index >= 15 is 0 Å². The van der Waals surface area contributed by atoms with Crippen molar-refractivity contribution < 1.29 is 14.7 Å². The molecule has 2 rings (SSSR count). The van der Waals surface area contributed by atoms with Crippen LogP contribution in [0.1, 0.15) is 34.9 Å². The molecule has 0 radical (unpaired) electrons. The van der Waals surface area contributed by atoms with Crippen molar-refractivity contribution in [3.8, 4) is 0 Å². The molecule has 1 aromatic carbocycles. The predicted molar refractivity (Wildman–Crippen MR) is 73.4 cm³/mol. The molecule has 0 spiro atoms. The van der Waals surface area contributed by atoms with Crippen LogP contribution in [-0.2, 0) is 4.79 Å². The Labute approximate surface area is 119 Å². The molecule has 0 fully saturated rings. The second-order valence-electron chi connectivity index (χ2n) is 4.16. The fourth-order valence-corrected chi connectivity index (χ4v) is 2.18. The van der Waals surface area contributed by atoms with Crippen LogP contribution in [0.3, 0.4) is 0 Å². The highest BCUT2D eigenvalue weighted by Gasteiger charge is 2.18. The first-order valence-corrected chi connectivity index (χ1v) is 6.75. The van der Waals surface area contributed by atoms with Gasteiger partial charge in [0.1, 0.15) is 0 Å². The summed E-state index contributed by atoms with van der Waals surface area (Å²) in [6, 6.07) is 8.91. The van der Waals surface area contributed by atoms with Crippen LogP contribution in [0.15, 0.2) is 36.5 Å². The van der Waals surface area contributed by atoms with Crippen molar-refractivity contribution in [2.75, 3.05) is 0 Å². The van der Waals surface area contributed by atoms with Crippen LogP contribution in [-0.4, -0.2) is 25.7 Å². The second-order valence-corrected chi connectivity index (χ2v) is 4.72. The van der Waals surface area contributed by atoms with Crippen LogP contribution >= 0.6 is 11.7 Å². The Bertz CT molecular complexity index is 572. The number of carbonyl (C=O) groups excluding carboxylic acids is 1. The summed E-state index contributed by atoms with van der Waals surface area (Å²) in [7, 11) is 0. The van der Waals surface area contributed by atoms with E-state index in [1.165, 1.54) is 6.20 Å². The molecule has 1 atom stereocenters. The molecule has 0 aliphatic heterocycles. The number of amides is 1. The summed E-state index contributed by atoms with van der Waals surface area (Å²) < 4.78 is 7.63. The molecular weight excluding hydrogens is 278 g/mol. The first-order valence-electron chi connectivity index (χ1n) is 6.02. The molecule has 6 nitrogen and oxygen atoms in total. The fourth-order valence-electron chi connectivity index (χ4n) is 1.77. The van der Waals surface area contributed by atoms with E-state index in [1.54, 1.807) is 0 Å². The first-order chi connectivity index (χ1) is 9.66. The first kappa shape index (κ1) is 14.1. The van der Waals surface area contributed by atoms with Gasteiger partial charge < -0.3 is 10.4 Å². The Balaban J connectivity index is 2.10. The normalized spacial score (nSPS) is 11.8. The quantitative estimate of drug-likeness (QED) is 0.847. The zero-order chi connectivity index (χ0) is 14.4. The standard InChI is InChI=1S/C13H13N3O3S/c17-12(18)7-6-10(9-4-2-1-3-5-9)15-13(19)11-8-14-20-16-11/h1-5,8,10H,6-7H2,(H,15,19)(H,17,18). The minimum absolute atomic E-state index is 0.0187. The molecule has 0 aliphatic rings. The van der Waals surface area contributed by atoms with Crippen LogP contribution in [0.2, 0.25) is 0 Å². The lowest BCUT2D eigenvalue weighted by molar-refractivity contribution is -0.137. The van der Waals surface area contributed by atoms with Crippen LogP contribution in [0, 0.1) is 0 Å². The van der Waals surface area contributed by atoms with Crippen molar-refractivity contribution in [3.05, 3.63) is 47.8 Å². The number of hydrogen-bond acceptors (Lipinski definition) is 5. The number of nitrogens with one attached hydrogen (secondary N) is 1. The topological polar surface area (TPSA) is 92.2 Å². The number of nitrogens with zero attached hydrogens (tertiary/aromatic N) is 2. The van der Waals surface area contributed by atoms with Gasteiger partial charge in [0.05, 0.1) is 24.0 Å². The number of aliphatic carboxylic acids is 1. The van der Waals surface area contributed by atoms with Crippen molar-refractivity contribution in [2.24, 2.45) is 0 Å². The summed E-state index contributed by atoms with van der Waals surface area (Å²) >= 11 is 0.954. The van der Waals surface area contributed by atoms with Gasteiger partial charge in [-0.15, -0.1) is 0 Å². The maximum atomic E-state index is 12.0. The molecule has 1 heterocycles. The largest absolute Gasteiger partial charge is 0.481 e. The average Bonchev–Trinajstić information content (AvgIpc) is 2.98. The smallest absolute Gasteiger partial charge is 0.303 e. The number of aromatic nitrogens is 2. The molecule has 104 valence electrons. The van der Waals surface area contributed by atoms with Gasteiger partial charge in [0, 0.05) is 6.42 Å². The highest BCUT2D eigenvalue weighted by atomic mass is 32.1. The molecule has 0 bridgehead atoms.